The average Bonchev–Trinajstić information content (AvgIpc) is 3.08. The van der Waals surface area contributed by atoms with Crippen molar-refractivity contribution in [1.82, 2.24) is 9.80 Å². The number of hydrogen-bond acceptors (Lipinski definition) is 5. The Kier molecular flexibility index (Phi) is 8.98. The summed E-state index contributed by atoms with van der Waals surface area (Å²) in [5.41, 5.74) is 2.13. The Morgan fingerprint density at radius 2 is 1.77 bits per heavy atom. The number of benzene rings is 2. The Hall–Kier alpha value is -2.83. The Bertz CT molecular complexity index is 1090. The summed E-state index contributed by atoms with van der Waals surface area (Å²) < 4.78 is 5.85. The molecule has 1 atom stereocenters. The van der Waals surface area contributed by atoms with Crippen molar-refractivity contribution >= 4 is 29.1 Å². The van der Waals surface area contributed by atoms with Gasteiger partial charge in [-0.25, -0.2) is 0 Å². The van der Waals surface area contributed by atoms with Gasteiger partial charge in [0, 0.05) is 23.7 Å². The van der Waals surface area contributed by atoms with Gasteiger partial charge in [0.25, 0.3) is 11.7 Å². The zero-order chi connectivity index (χ0) is 25.7. The van der Waals surface area contributed by atoms with E-state index >= 15 is 0 Å². The highest BCUT2D eigenvalue weighted by atomic mass is 35.5. The van der Waals surface area contributed by atoms with E-state index in [2.05, 4.69) is 32.6 Å². The molecule has 6 nitrogen and oxygen atoms in total. The topological polar surface area (TPSA) is 70.1 Å². The smallest absolute Gasteiger partial charge is 0.295 e. The first-order chi connectivity index (χ1) is 16.7. The highest BCUT2D eigenvalue weighted by Crippen LogP contribution is 2.40. The Morgan fingerprint density at radius 3 is 2.34 bits per heavy atom. The summed E-state index contributed by atoms with van der Waals surface area (Å²) in [5.74, 6) is -0.363. The number of halogens is 1. The number of ketones is 1. The molecule has 1 aliphatic rings. The second-order valence-electron chi connectivity index (χ2n) is 9.26. The lowest BCUT2D eigenvalue weighted by molar-refractivity contribution is -0.140. The highest BCUT2D eigenvalue weighted by Gasteiger charge is 2.46. The van der Waals surface area contributed by atoms with E-state index in [1.165, 1.54) is 0 Å². The summed E-state index contributed by atoms with van der Waals surface area (Å²) in [6.07, 6.45) is 0. The molecule has 7 heteroatoms. The molecule has 1 N–H and O–H groups in total. The minimum atomic E-state index is -0.694. The van der Waals surface area contributed by atoms with Gasteiger partial charge < -0.3 is 19.6 Å². The van der Waals surface area contributed by atoms with Crippen LogP contribution in [0.5, 0.6) is 5.75 Å². The molecule has 0 unspecified atom stereocenters. The Labute approximate surface area is 213 Å². The van der Waals surface area contributed by atoms with Gasteiger partial charge in [-0.05, 0) is 67.4 Å². The first kappa shape index (κ1) is 26.8. The van der Waals surface area contributed by atoms with Crippen LogP contribution in [0, 0.1) is 12.8 Å². The number of likely N-dealkylation sites (N-methyl/N-ethyl adjacent to an activating group) is 1. The highest BCUT2D eigenvalue weighted by molar-refractivity contribution is 6.46. The van der Waals surface area contributed by atoms with Crippen LogP contribution < -0.4 is 4.74 Å². The van der Waals surface area contributed by atoms with Crippen LogP contribution in [0.4, 0.5) is 0 Å². The van der Waals surface area contributed by atoms with Gasteiger partial charge in [0.15, 0.2) is 0 Å². The minimum absolute atomic E-state index is 0.0899. The molecule has 0 spiro atoms. The molecule has 1 saturated heterocycles. The molecule has 3 rings (SSSR count). The number of carbonyl (C=O) groups excluding carboxylic acids is 2. The molecule has 2 aromatic carbocycles. The van der Waals surface area contributed by atoms with Crippen LogP contribution in [-0.4, -0.2) is 59.4 Å². The number of hydrogen-bond donors (Lipinski definition) is 1. The molecule has 0 saturated carbocycles. The molecule has 0 bridgehead atoms. The minimum Gasteiger partial charge on any atom is -0.507 e. The van der Waals surface area contributed by atoms with Crippen LogP contribution >= 0.6 is 11.6 Å². The molecule has 0 radical (unpaired) electrons. The van der Waals surface area contributed by atoms with E-state index in [0.29, 0.717) is 36.2 Å². The predicted molar refractivity (Wildman–Crippen MR) is 140 cm³/mol. The van der Waals surface area contributed by atoms with Crippen molar-refractivity contribution in [2.45, 2.75) is 40.7 Å². The van der Waals surface area contributed by atoms with Gasteiger partial charge in [0.05, 0.1) is 18.2 Å². The summed E-state index contributed by atoms with van der Waals surface area (Å²) in [6.45, 7) is 13.4. The summed E-state index contributed by atoms with van der Waals surface area (Å²) >= 11 is 6.10. The van der Waals surface area contributed by atoms with Crippen LogP contribution in [0.2, 0.25) is 5.02 Å². The maximum absolute atomic E-state index is 13.2. The first-order valence-corrected chi connectivity index (χ1v) is 12.6. The lowest BCUT2D eigenvalue weighted by Crippen LogP contribution is -2.38. The van der Waals surface area contributed by atoms with E-state index in [0.717, 1.165) is 30.0 Å². The van der Waals surface area contributed by atoms with E-state index in [-0.39, 0.29) is 11.3 Å². The van der Waals surface area contributed by atoms with Gasteiger partial charge in [-0.15, -0.1) is 0 Å². The second-order valence-corrected chi connectivity index (χ2v) is 9.69. The zero-order valence-electron chi connectivity index (χ0n) is 21.2. The van der Waals surface area contributed by atoms with Gasteiger partial charge in [-0.1, -0.05) is 51.4 Å². The molecule has 1 heterocycles. The molecule has 1 fully saturated rings. The molecule has 1 amide bonds. The number of likely N-dealkylation sites (tertiary alicyclic amines) is 1. The molecule has 35 heavy (non-hydrogen) atoms. The number of aliphatic hydroxyl groups is 1. The zero-order valence-corrected chi connectivity index (χ0v) is 21.9. The number of Topliss-reactive ketones (excluding diaryl/α,β-unsaturated/α-hetero) is 1. The van der Waals surface area contributed by atoms with Crippen LogP contribution in [0.25, 0.3) is 5.76 Å². The number of carbonyl (C=O) groups is 2. The number of nitrogens with zero attached hydrogens (tertiary/aromatic N) is 2. The predicted octanol–water partition coefficient (Wildman–Crippen LogP) is 5.45. The van der Waals surface area contributed by atoms with Crippen molar-refractivity contribution in [1.29, 1.82) is 0 Å². The molecule has 1 aliphatic heterocycles. The fourth-order valence-electron chi connectivity index (χ4n) is 4.26. The summed E-state index contributed by atoms with van der Waals surface area (Å²) in [5, 5.41) is 11.9. The van der Waals surface area contributed by atoms with Gasteiger partial charge >= 0.3 is 0 Å². The number of amides is 1. The lowest BCUT2D eigenvalue weighted by Gasteiger charge is -2.28. The van der Waals surface area contributed by atoms with Crippen molar-refractivity contribution in [3.63, 3.8) is 0 Å². The standard InChI is InChI=1S/C28H35ClN2O4/c1-6-30(7-2)14-15-31-25(20-8-11-22(29)12-9-20)24(27(33)28(31)34)26(32)21-10-13-23(19(5)16-21)35-17-18(3)4/h8-13,16,18,25,32H,6-7,14-15,17H2,1-5H3/t25-/m1/s1. The number of ether oxygens (including phenoxy) is 1. The van der Waals surface area contributed by atoms with Gasteiger partial charge in [-0.2, -0.15) is 0 Å². The van der Waals surface area contributed by atoms with Crippen molar-refractivity contribution in [3.8, 4) is 5.75 Å². The Balaban J connectivity index is 2.04. The summed E-state index contributed by atoms with van der Waals surface area (Å²) in [7, 11) is 0. The maximum Gasteiger partial charge on any atom is 0.295 e. The van der Waals surface area contributed by atoms with Crippen molar-refractivity contribution < 1.29 is 19.4 Å². The number of aryl methyl sites for hydroxylation is 1. The monoisotopic (exact) mass is 498 g/mol. The van der Waals surface area contributed by atoms with Gasteiger partial charge in [-0.3, -0.25) is 9.59 Å². The Morgan fingerprint density at radius 1 is 1.11 bits per heavy atom. The average molecular weight is 499 g/mol. The molecule has 2 aromatic rings. The van der Waals surface area contributed by atoms with E-state index < -0.39 is 17.7 Å². The third kappa shape index (κ3) is 6.06. The molecule has 0 aromatic heterocycles. The van der Waals surface area contributed by atoms with E-state index in [1.54, 1.807) is 47.4 Å². The van der Waals surface area contributed by atoms with Gasteiger partial charge in [0.2, 0.25) is 0 Å². The summed E-state index contributed by atoms with van der Waals surface area (Å²) in [6, 6.07) is 11.7. The van der Waals surface area contributed by atoms with Crippen LogP contribution in [0.15, 0.2) is 48.0 Å². The molecule has 188 valence electrons. The fraction of sp³-hybridized carbons (Fsp3) is 0.429. The van der Waals surface area contributed by atoms with Crippen LogP contribution in [-0.2, 0) is 9.59 Å². The fourth-order valence-corrected chi connectivity index (χ4v) is 4.39. The third-order valence-corrected chi connectivity index (χ3v) is 6.55. The van der Waals surface area contributed by atoms with Crippen LogP contribution in [0.1, 0.15) is 50.4 Å². The summed E-state index contributed by atoms with van der Waals surface area (Å²) in [4.78, 5) is 30.1. The third-order valence-electron chi connectivity index (χ3n) is 6.30. The quantitative estimate of drug-likeness (QED) is 0.268. The molecular formula is C28H35ClN2O4. The molecule has 0 aliphatic carbocycles. The van der Waals surface area contributed by atoms with E-state index in [1.807, 2.05) is 6.92 Å². The lowest BCUT2D eigenvalue weighted by atomic mass is 9.95. The SMILES string of the molecule is CCN(CC)CCN1C(=O)C(=O)C(=C(O)c2ccc(OCC(C)C)c(C)c2)[C@H]1c1ccc(Cl)cc1. The first-order valence-electron chi connectivity index (χ1n) is 12.2. The van der Waals surface area contributed by atoms with Crippen molar-refractivity contribution in [2.24, 2.45) is 5.92 Å². The van der Waals surface area contributed by atoms with Crippen molar-refractivity contribution in [2.75, 3.05) is 32.8 Å². The normalized spacial score (nSPS) is 17.6. The van der Waals surface area contributed by atoms with E-state index in [9.17, 15) is 14.7 Å². The number of aliphatic hydroxyl groups excluding tert-OH is 1. The second kappa shape index (κ2) is 11.7. The van der Waals surface area contributed by atoms with E-state index in [4.69, 9.17) is 16.3 Å². The van der Waals surface area contributed by atoms with Gasteiger partial charge in [0.1, 0.15) is 11.5 Å². The molecular weight excluding hydrogens is 464 g/mol. The van der Waals surface area contributed by atoms with Crippen LogP contribution in [0.3, 0.4) is 0 Å². The number of rotatable bonds is 10. The maximum atomic E-state index is 13.2. The van der Waals surface area contributed by atoms with Crippen molar-refractivity contribution in [3.05, 3.63) is 69.8 Å². The largest absolute Gasteiger partial charge is 0.507 e.